The van der Waals surface area contributed by atoms with Crippen LogP contribution in [0.15, 0.2) is 42.5 Å². The predicted molar refractivity (Wildman–Crippen MR) is 177 cm³/mol. The molecule has 2 saturated heterocycles. The second-order valence-electron chi connectivity index (χ2n) is 13.5. The van der Waals surface area contributed by atoms with Gasteiger partial charge in [-0.2, -0.15) is 5.10 Å². The van der Waals surface area contributed by atoms with E-state index in [2.05, 4.69) is 36.1 Å². The number of carbonyl (C=O) groups excluding carboxylic acids is 2. The first-order valence-electron chi connectivity index (χ1n) is 16.5. The molecule has 2 aromatic carbocycles. The lowest BCUT2D eigenvalue weighted by atomic mass is 9.89. The Balaban J connectivity index is 1.12. The minimum absolute atomic E-state index is 0.0394. The van der Waals surface area contributed by atoms with Crippen molar-refractivity contribution in [2.24, 2.45) is 13.0 Å². The number of para-hydroxylation sites is 1. The summed E-state index contributed by atoms with van der Waals surface area (Å²) in [5, 5.41) is 8.47. The lowest BCUT2D eigenvalue weighted by molar-refractivity contribution is -0.133. The number of hydrogen-bond acceptors (Lipinski definition) is 6. The highest BCUT2D eigenvalue weighted by Gasteiger charge is 2.40. The number of fused-ring (bicyclic) bond motifs is 1. The van der Waals surface area contributed by atoms with E-state index in [0.29, 0.717) is 29.6 Å². The van der Waals surface area contributed by atoms with Crippen molar-refractivity contribution in [3.05, 3.63) is 58.7 Å². The van der Waals surface area contributed by atoms with Crippen LogP contribution < -0.4 is 5.32 Å². The number of carbonyl (C=O) groups is 2. The van der Waals surface area contributed by atoms with Gasteiger partial charge in [-0.15, -0.1) is 0 Å². The fraction of sp³-hybridized carbons (Fsp3) is 0.571. The Hall–Kier alpha value is -2.98. The molecule has 10 heteroatoms. The molecule has 1 N–H and O–H groups in total. The number of rotatable bonds is 8. The van der Waals surface area contributed by atoms with Crippen LogP contribution >= 0.6 is 11.6 Å². The minimum atomic E-state index is -0.331. The Morgan fingerprint density at radius 2 is 1.76 bits per heavy atom. The van der Waals surface area contributed by atoms with Crippen molar-refractivity contribution in [1.29, 1.82) is 0 Å². The van der Waals surface area contributed by atoms with Gasteiger partial charge in [0.2, 0.25) is 5.91 Å². The van der Waals surface area contributed by atoms with E-state index < -0.39 is 0 Å². The van der Waals surface area contributed by atoms with Crippen LogP contribution in [0, 0.1) is 5.92 Å². The molecule has 0 bridgehead atoms. The molecule has 3 heterocycles. The summed E-state index contributed by atoms with van der Waals surface area (Å²) in [5.41, 5.74) is 2.51. The SMILES string of the molecule is C[C@@H]1CN([C@H]2C[C@@H](CO[C@H]3CC[C@H](C)CC3)N(C(=O)Cc3ccc(NC(=O)c4nn(C)c5ccccc45)c(Cl)c3)C2)C[C@H](C)O1. The van der Waals surface area contributed by atoms with Crippen molar-refractivity contribution in [3.8, 4) is 0 Å². The number of morpholine rings is 1. The third kappa shape index (κ3) is 7.38. The highest BCUT2D eigenvalue weighted by molar-refractivity contribution is 6.34. The molecule has 2 amide bonds. The lowest BCUT2D eigenvalue weighted by Gasteiger charge is -2.38. The van der Waals surface area contributed by atoms with Crippen molar-refractivity contribution in [1.82, 2.24) is 19.6 Å². The maximum atomic E-state index is 13.9. The topological polar surface area (TPSA) is 88.9 Å². The number of nitrogens with zero attached hydrogens (tertiary/aromatic N) is 4. The van der Waals surface area contributed by atoms with E-state index >= 15 is 0 Å². The number of aromatic nitrogens is 2. The van der Waals surface area contributed by atoms with Crippen LogP contribution in [-0.2, 0) is 27.7 Å². The first kappa shape index (κ1) is 32.0. The average Bonchev–Trinajstić information content (AvgIpc) is 3.59. The molecule has 1 aromatic heterocycles. The molecule has 1 saturated carbocycles. The van der Waals surface area contributed by atoms with Crippen LogP contribution in [-0.4, -0.2) is 88.0 Å². The molecule has 0 radical (unpaired) electrons. The van der Waals surface area contributed by atoms with Gasteiger partial charge in [-0.3, -0.25) is 19.2 Å². The molecule has 6 rings (SSSR count). The maximum Gasteiger partial charge on any atom is 0.276 e. The summed E-state index contributed by atoms with van der Waals surface area (Å²) < 4.78 is 14.1. The van der Waals surface area contributed by atoms with Crippen molar-refractivity contribution < 1.29 is 19.1 Å². The number of benzene rings is 2. The monoisotopic (exact) mass is 635 g/mol. The Kier molecular flexibility index (Phi) is 9.80. The first-order valence-corrected chi connectivity index (χ1v) is 16.8. The van der Waals surface area contributed by atoms with Gasteiger partial charge in [0.25, 0.3) is 5.91 Å². The number of aryl methyl sites for hydroxylation is 1. The average molecular weight is 636 g/mol. The largest absolute Gasteiger partial charge is 0.376 e. The molecule has 1 aliphatic carbocycles. The van der Waals surface area contributed by atoms with E-state index in [0.717, 1.165) is 54.7 Å². The van der Waals surface area contributed by atoms with Gasteiger partial charge >= 0.3 is 0 Å². The number of nitrogens with one attached hydrogen (secondary N) is 1. The van der Waals surface area contributed by atoms with Crippen LogP contribution in [0.3, 0.4) is 0 Å². The fourth-order valence-corrected chi connectivity index (χ4v) is 7.64. The van der Waals surface area contributed by atoms with Gasteiger partial charge in [0.15, 0.2) is 5.69 Å². The standard InChI is InChI=1S/C35H46ClN5O4/c1-22-9-12-28(13-10-22)44-21-27-17-26(40-18-23(2)45-24(3)19-40)20-41(27)33(42)16-25-11-14-31(30(36)15-25)37-35(43)34-29-7-5-6-8-32(29)39(4)38-34/h5-8,11,14-15,22-24,26-28H,9-10,12-13,16-21H2,1-4H3,(H,37,43)/t22-,23-,24+,26-,27-,28-/m0/s1. The molecule has 4 atom stereocenters. The second-order valence-corrected chi connectivity index (χ2v) is 13.9. The van der Waals surface area contributed by atoms with Crippen molar-refractivity contribution in [2.75, 3.05) is 31.6 Å². The number of hydrogen-bond donors (Lipinski definition) is 1. The van der Waals surface area contributed by atoms with Crippen molar-refractivity contribution >= 4 is 40.0 Å². The smallest absolute Gasteiger partial charge is 0.276 e. The molecule has 3 aliphatic rings. The molecular formula is C35H46ClN5O4. The molecule has 3 fully saturated rings. The van der Waals surface area contributed by atoms with Crippen LogP contribution in [0.25, 0.3) is 10.9 Å². The molecule has 9 nitrogen and oxygen atoms in total. The van der Waals surface area contributed by atoms with Crippen LogP contribution in [0.4, 0.5) is 5.69 Å². The van der Waals surface area contributed by atoms with E-state index in [-0.39, 0.29) is 48.6 Å². The number of anilines is 1. The molecule has 3 aromatic rings. The predicted octanol–water partition coefficient (Wildman–Crippen LogP) is 5.70. The number of amides is 2. The quantitative estimate of drug-likeness (QED) is 0.342. The molecule has 45 heavy (non-hydrogen) atoms. The first-order chi connectivity index (χ1) is 21.6. The van der Waals surface area contributed by atoms with Crippen molar-refractivity contribution in [3.63, 3.8) is 0 Å². The van der Waals surface area contributed by atoms with Gasteiger partial charge in [0.1, 0.15) is 0 Å². The highest BCUT2D eigenvalue weighted by Crippen LogP contribution is 2.31. The summed E-state index contributed by atoms with van der Waals surface area (Å²) in [6, 6.07) is 13.3. The third-order valence-corrected chi connectivity index (χ3v) is 10.1. The zero-order valence-corrected chi connectivity index (χ0v) is 27.6. The number of halogens is 1. The van der Waals surface area contributed by atoms with Gasteiger partial charge in [0.05, 0.1) is 53.6 Å². The van der Waals surface area contributed by atoms with Gasteiger partial charge in [-0.1, -0.05) is 42.8 Å². The van der Waals surface area contributed by atoms with Gasteiger partial charge < -0.3 is 19.7 Å². The van der Waals surface area contributed by atoms with Gasteiger partial charge in [-0.25, -0.2) is 0 Å². The molecule has 0 spiro atoms. The van der Waals surface area contributed by atoms with Crippen LogP contribution in [0.2, 0.25) is 5.02 Å². The Morgan fingerprint density at radius 3 is 2.49 bits per heavy atom. The van der Waals surface area contributed by atoms with E-state index in [4.69, 9.17) is 21.1 Å². The maximum absolute atomic E-state index is 13.9. The summed E-state index contributed by atoms with van der Waals surface area (Å²) >= 11 is 6.65. The molecule has 242 valence electrons. The summed E-state index contributed by atoms with van der Waals surface area (Å²) in [5.74, 6) is 0.513. The van der Waals surface area contributed by atoms with Crippen molar-refractivity contribution in [2.45, 2.75) is 89.7 Å². The second kappa shape index (κ2) is 13.8. The van der Waals surface area contributed by atoms with Crippen LogP contribution in [0.1, 0.15) is 68.9 Å². The number of likely N-dealkylation sites (tertiary alicyclic amines) is 1. The van der Waals surface area contributed by atoms with Gasteiger partial charge in [0, 0.05) is 38.1 Å². The van der Waals surface area contributed by atoms with E-state index in [1.165, 1.54) is 12.8 Å². The normalized spacial score (nSPS) is 27.6. The van der Waals surface area contributed by atoms with Gasteiger partial charge in [-0.05, 0) is 75.6 Å². The van der Waals surface area contributed by atoms with Crippen LogP contribution in [0.5, 0.6) is 0 Å². The highest BCUT2D eigenvalue weighted by atomic mass is 35.5. The summed E-state index contributed by atoms with van der Waals surface area (Å²) in [7, 11) is 1.82. The van der Waals surface area contributed by atoms with E-state index in [1.54, 1.807) is 16.8 Å². The Morgan fingerprint density at radius 1 is 1.02 bits per heavy atom. The zero-order valence-electron chi connectivity index (χ0n) is 26.9. The Labute approximate surface area is 271 Å². The molecular weight excluding hydrogens is 590 g/mol. The minimum Gasteiger partial charge on any atom is -0.376 e. The zero-order chi connectivity index (χ0) is 31.7. The summed E-state index contributed by atoms with van der Waals surface area (Å²) in [4.78, 5) is 31.5. The Bertz CT molecular complexity index is 1510. The number of ether oxygens (including phenoxy) is 2. The lowest BCUT2D eigenvalue weighted by Crippen LogP contribution is -2.51. The third-order valence-electron chi connectivity index (χ3n) is 9.77. The molecule has 2 aliphatic heterocycles. The fourth-order valence-electron chi connectivity index (χ4n) is 7.39. The summed E-state index contributed by atoms with van der Waals surface area (Å²) in [6.45, 7) is 9.58. The van der Waals surface area contributed by atoms with E-state index in [9.17, 15) is 9.59 Å². The summed E-state index contributed by atoms with van der Waals surface area (Å²) in [6.07, 6.45) is 6.39. The molecule has 0 unspecified atom stereocenters. The van der Waals surface area contributed by atoms with E-state index in [1.807, 2.05) is 42.3 Å².